The Bertz CT molecular complexity index is 1030. The number of hydrogen-bond donors (Lipinski definition) is 3. The molecular formula is C63H123NO5. The van der Waals surface area contributed by atoms with Crippen LogP contribution in [0.3, 0.4) is 0 Å². The molecule has 3 N–H and O–H groups in total. The Kier molecular flexibility index (Phi) is 58.0. The van der Waals surface area contributed by atoms with E-state index in [1.807, 2.05) is 0 Å². The summed E-state index contributed by atoms with van der Waals surface area (Å²) in [5.74, 6) is -0.0385. The topological polar surface area (TPSA) is 95.9 Å². The summed E-state index contributed by atoms with van der Waals surface area (Å²) in [6, 6.07) is -0.551. The van der Waals surface area contributed by atoms with Gasteiger partial charge in [0.1, 0.15) is 0 Å². The number of amides is 1. The average Bonchev–Trinajstić information content (AvgIpc) is 3.35. The summed E-state index contributed by atoms with van der Waals surface area (Å²) in [4.78, 5) is 24.6. The van der Waals surface area contributed by atoms with Gasteiger partial charge in [0.25, 0.3) is 0 Å². The fourth-order valence-electron chi connectivity index (χ4n) is 9.99. The van der Waals surface area contributed by atoms with Gasteiger partial charge in [0.15, 0.2) is 0 Å². The fraction of sp³-hybridized carbons (Fsp3) is 0.937. The maximum Gasteiger partial charge on any atom is 0.305 e. The molecule has 1 amide bonds. The number of unbranched alkanes of at least 4 members (excludes halogenated alkanes) is 46. The lowest BCUT2D eigenvalue weighted by atomic mass is 10.0. The summed E-state index contributed by atoms with van der Waals surface area (Å²) in [6.45, 7) is 4.97. The lowest BCUT2D eigenvalue weighted by Crippen LogP contribution is -2.45. The number of aliphatic hydroxyl groups excluding tert-OH is 2. The largest absolute Gasteiger partial charge is 0.466 e. The van der Waals surface area contributed by atoms with Gasteiger partial charge in [-0.05, 0) is 51.4 Å². The van der Waals surface area contributed by atoms with E-state index in [9.17, 15) is 19.8 Å². The van der Waals surface area contributed by atoms with Crippen LogP contribution in [0.5, 0.6) is 0 Å². The molecular weight excluding hydrogens is 851 g/mol. The predicted molar refractivity (Wildman–Crippen MR) is 301 cm³/mol. The van der Waals surface area contributed by atoms with Crippen LogP contribution in [0.2, 0.25) is 0 Å². The van der Waals surface area contributed by atoms with Crippen molar-refractivity contribution in [2.75, 3.05) is 13.2 Å². The number of allylic oxidation sites excluding steroid dienone is 2. The molecule has 0 spiro atoms. The lowest BCUT2D eigenvalue weighted by Gasteiger charge is -2.22. The number of carbonyl (C=O) groups is 2. The molecule has 0 aromatic rings. The first-order chi connectivity index (χ1) is 34.0. The van der Waals surface area contributed by atoms with Gasteiger partial charge in [-0.15, -0.1) is 0 Å². The Morgan fingerprint density at radius 3 is 1.03 bits per heavy atom. The molecule has 6 heteroatoms. The molecule has 0 fully saturated rings. The Hall–Kier alpha value is -1.40. The highest BCUT2D eigenvalue weighted by molar-refractivity contribution is 5.76. The Labute approximate surface area is 431 Å². The molecule has 69 heavy (non-hydrogen) atoms. The Balaban J connectivity index is 3.43. The SMILES string of the molecule is CCCCCCCCCCCCCCCCCCCCC(O)C(CO)NC(=O)CCCCCCC/C=C\CCCCCCCCCCCOC(=O)CCCCCCCCCCCCCCCCCC. The molecule has 0 aromatic heterocycles. The van der Waals surface area contributed by atoms with Gasteiger partial charge in [-0.2, -0.15) is 0 Å². The van der Waals surface area contributed by atoms with Crippen molar-refractivity contribution in [1.29, 1.82) is 0 Å². The standard InChI is InChI=1S/C63H123NO5/c1-3-5-7-9-11-13-15-17-19-21-24-27-31-35-39-43-47-51-55-61(66)60(59-65)64-62(67)56-52-48-44-40-36-32-28-25-22-23-26-30-34-38-42-46-50-54-58-69-63(68)57-53-49-45-41-37-33-29-20-18-16-14-12-10-8-6-4-2/h25,28,60-61,65-66H,3-24,26-27,29-59H2,1-2H3,(H,64,67)/b28-25-. The second-order valence-electron chi connectivity index (χ2n) is 21.7. The molecule has 0 saturated carbocycles. The third kappa shape index (κ3) is 55.8. The molecule has 2 unspecified atom stereocenters. The molecule has 0 heterocycles. The fourth-order valence-corrected chi connectivity index (χ4v) is 9.99. The predicted octanol–water partition coefficient (Wildman–Crippen LogP) is 19.6. The van der Waals surface area contributed by atoms with Crippen LogP contribution in [0, 0.1) is 0 Å². The van der Waals surface area contributed by atoms with E-state index in [1.54, 1.807) is 0 Å². The number of carbonyl (C=O) groups excluding carboxylic acids is 2. The molecule has 410 valence electrons. The monoisotopic (exact) mass is 974 g/mol. The third-order valence-corrected chi connectivity index (χ3v) is 14.8. The van der Waals surface area contributed by atoms with Crippen LogP contribution in [-0.4, -0.2) is 47.4 Å². The molecule has 2 atom stereocenters. The van der Waals surface area contributed by atoms with Crippen LogP contribution in [0.25, 0.3) is 0 Å². The minimum atomic E-state index is -0.673. The van der Waals surface area contributed by atoms with Crippen LogP contribution < -0.4 is 5.32 Å². The Morgan fingerprint density at radius 1 is 0.391 bits per heavy atom. The van der Waals surface area contributed by atoms with Crippen LogP contribution in [-0.2, 0) is 14.3 Å². The van der Waals surface area contributed by atoms with Crippen LogP contribution in [0.15, 0.2) is 12.2 Å². The van der Waals surface area contributed by atoms with E-state index in [1.165, 1.54) is 270 Å². The highest BCUT2D eigenvalue weighted by Crippen LogP contribution is 2.18. The van der Waals surface area contributed by atoms with Gasteiger partial charge in [-0.25, -0.2) is 0 Å². The van der Waals surface area contributed by atoms with Crippen molar-refractivity contribution in [2.24, 2.45) is 0 Å². The number of rotatable bonds is 59. The maximum atomic E-state index is 12.5. The molecule has 0 saturated heterocycles. The molecule has 0 rings (SSSR count). The van der Waals surface area contributed by atoms with Crippen molar-refractivity contribution in [3.8, 4) is 0 Å². The van der Waals surface area contributed by atoms with E-state index < -0.39 is 12.1 Å². The normalized spacial score (nSPS) is 12.6. The highest BCUT2D eigenvalue weighted by atomic mass is 16.5. The zero-order valence-electron chi connectivity index (χ0n) is 46.8. The lowest BCUT2D eigenvalue weighted by molar-refractivity contribution is -0.143. The van der Waals surface area contributed by atoms with E-state index in [2.05, 4.69) is 31.3 Å². The summed E-state index contributed by atoms with van der Waals surface area (Å²) in [7, 11) is 0. The van der Waals surface area contributed by atoms with Gasteiger partial charge < -0.3 is 20.3 Å². The number of aliphatic hydroxyl groups is 2. The van der Waals surface area contributed by atoms with Gasteiger partial charge in [0.2, 0.25) is 5.91 Å². The minimum absolute atomic E-state index is 0.00735. The van der Waals surface area contributed by atoms with E-state index in [0.717, 1.165) is 51.4 Å². The van der Waals surface area contributed by atoms with Gasteiger partial charge in [0.05, 0.1) is 25.4 Å². The van der Waals surface area contributed by atoms with Crippen molar-refractivity contribution in [3.05, 3.63) is 12.2 Å². The molecule has 6 nitrogen and oxygen atoms in total. The molecule has 0 aliphatic rings. The molecule has 0 aliphatic heterocycles. The maximum absolute atomic E-state index is 12.5. The zero-order valence-corrected chi connectivity index (χ0v) is 46.8. The average molecular weight is 975 g/mol. The van der Waals surface area contributed by atoms with Crippen molar-refractivity contribution >= 4 is 11.9 Å². The first kappa shape index (κ1) is 67.6. The van der Waals surface area contributed by atoms with Gasteiger partial charge in [-0.1, -0.05) is 302 Å². The quantitative estimate of drug-likeness (QED) is 0.0321. The number of esters is 1. The summed E-state index contributed by atoms with van der Waals surface area (Å²) in [6.07, 6.45) is 70.7. The number of ether oxygens (including phenoxy) is 1. The summed E-state index contributed by atoms with van der Waals surface area (Å²) in [5, 5.41) is 23.3. The molecule has 0 radical (unpaired) electrons. The molecule has 0 bridgehead atoms. The van der Waals surface area contributed by atoms with Crippen molar-refractivity contribution in [2.45, 2.75) is 366 Å². The van der Waals surface area contributed by atoms with Crippen molar-refractivity contribution in [3.63, 3.8) is 0 Å². The van der Waals surface area contributed by atoms with Gasteiger partial charge in [0, 0.05) is 12.8 Å². The van der Waals surface area contributed by atoms with Crippen molar-refractivity contribution < 1.29 is 24.5 Å². The summed E-state index contributed by atoms with van der Waals surface area (Å²) < 4.78 is 5.49. The van der Waals surface area contributed by atoms with Gasteiger partial charge >= 0.3 is 5.97 Å². The summed E-state index contributed by atoms with van der Waals surface area (Å²) >= 11 is 0. The molecule has 0 aromatic carbocycles. The molecule has 0 aliphatic carbocycles. The zero-order chi connectivity index (χ0) is 50.0. The van der Waals surface area contributed by atoms with E-state index in [-0.39, 0.29) is 18.5 Å². The van der Waals surface area contributed by atoms with Crippen LogP contribution in [0.1, 0.15) is 354 Å². The van der Waals surface area contributed by atoms with Crippen LogP contribution >= 0.6 is 0 Å². The minimum Gasteiger partial charge on any atom is -0.466 e. The first-order valence-corrected chi connectivity index (χ1v) is 31.4. The summed E-state index contributed by atoms with van der Waals surface area (Å²) in [5.41, 5.74) is 0. The van der Waals surface area contributed by atoms with E-state index in [4.69, 9.17) is 4.74 Å². The van der Waals surface area contributed by atoms with Crippen LogP contribution in [0.4, 0.5) is 0 Å². The number of nitrogens with one attached hydrogen (secondary N) is 1. The van der Waals surface area contributed by atoms with E-state index >= 15 is 0 Å². The first-order valence-electron chi connectivity index (χ1n) is 31.4. The Morgan fingerprint density at radius 2 is 0.681 bits per heavy atom. The van der Waals surface area contributed by atoms with Crippen molar-refractivity contribution in [1.82, 2.24) is 5.32 Å². The second-order valence-corrected chi connectivity index (χ2v) is 21.7. The third-order valence-electron chi connectivity index (χ3n) is 14.8. The smallest absolute Gasteiger partial charge is 0.305 e. The highest BCUT2D eigenvalue weighted by Gasteiger charge is 2.20. The van der Waals surface area contributed by atoms with E-state index in [0.29, 0.717) is 25.9 Å². The second kappa shape index (κ2) is 59.2. The van der Waals surface area contributed by atoms with Gasteiger partial charge in [-0.3, -0.25) is 9.59 Å². The number of hydrogen-bond acceptors (Lipinski definition) is 5.